The summed E-state index contributed by atoms with van der Waals surface area (Å²) in [7, 11) is 0. The fraction of sp³-hybridized carbons (Fsp3) is 0.692. The molecule has 2 aromatic rings. The van der Waals surface area contributed by atoms with E-state index in [2.05, 4.69) is 95.3 Å². The Morgan fingerprint density at radius 1 is 0.655 bits per heavy atom. The van der Waals surface area contributed by atoms with E-state index >= 15 is 0 Å². The molecule has 0 spiro atoms. The van der Waals surface area contributed by atoms with Crippen LogP contribution in [0.4, 0.5) is 0 Å². The van der Waals surface area contributed by atoms with Crippen LogP contribution >= 0.6 is 0 Å². The second-order valence-electron chi connectivity index (χ2n) is 12.5. The maximum atomic E-state index is 3.91. The highest BCUT2D eigenvalue weighted by Gasteiger charge is 2.43. The van der Waals surface area contributed by atoms with E-state index in [0.29, 0.717) is 11.8 Å². The first-order valence-corrected chi connectivity index (χ1v) is 11.5. The molecular formula is C26H41N3. The van der Waals surface area contributed by atoms with Gasteiger partial charge in [-0.1, -0.05) is 18.2 Å². The molecule has 0 bridgehead atoms. The molecule has 3 heterocycles. The van der Waals surface area contributed by atoms with Gasteiger partial charge in [0.05, 0.1) is 0 Å². The number of hydrogen-bond donors (Lipinski definition) is 3. The van der Waals surface area contributed by atoms with Crippen molar-refractivity contribution >= 4 is 10.9 Å². The van der Waals surface area contributed by atoms with Crippen molar-refractivity contribution in [1.29, 1.82) is 0 Å². The number of H-pyrrole nitrogens is 1. The third-order valence-electron chi connectivity index (χ3n) is 6.97. The Kier molecular flexibility index (Phi) is 4.76. The number of fused-ring (bicyclic) bond motifs is 1. The van der Waals surface area contributed by atoms with Gasteiger partial charge < -0.3 is 15.6 Å². The molecule has 29 heavy (non-hydrogen) atoms. The molecule has 2 fully saturated rings. The van der Waals surface area contributed by atoms with Crippen LogP contribution in [-0.4, -0.2) is 27.1 Å². The summed E-state index contributed by atoms with van der Waals surface area (Å²) in [5, 5.41) is 9.18. The maximum Gasteiger partial charge on any atom is 0.0459 e. The average Bonchev–Trinajstić information content (AvgIpc) is 2.88. The lowest BCUT2D eigenvalue weighted by Gasteiger charge is -2.48. The van der Waals surface area contributed by atoms with Crippen molar-refractivity contribution in [2.45, 2.75) is 115 Å². The second kappa shape index (κ2) is 6.59. The van der Waals surface area contributed by atoms with Crippen LogP contribution in [0, 0.1) is 0 Å². The molecule has 0 unspecified atom stereocenters. The quantitative estimate of drug-likeness (QED) is 0.565. The number of hydrogen-bond acceptors (Lipinski definition) is 2. The minimum absolute atomic E-state index is 0.146. The number of rotatable bonds is 2. The predicted octanol–water partition coefficient (Wildman–Crippen LogP) is 6.22. The van der Waals surface area contributed by atoms with Gasteiger partial charge in [0.25, 0.3) is 0 Å². The molecule has 3 N–H and O–H groups in total. The van der Waals surface area contributed by atoms with Gasteiger partial charge in [0, 0.05) is 44.7 Å². The summed E-state index contributed by atoms with van der Waals surface area (Å²) >= 11 is 0. The molecule has 2 saturated heterocycles. The van der Waals surface area contributed by atoms with Gasteiger partial charge in [0.15, 0.2) is 0 Å². The molecule has 1 aromatic carbocycles. The summed E-state index contributed by atoms with van der Waals surface area (Å²) in [6.45, 7) is 18.9. The molecule has 0 atom stereocenters. The molecule has 0 saturated carbocycles. The van der Waals surface area contributed by atoms with Gasteiger partial charge in [0.2, 0.25) is 0 Å². The summed E-state index contributed by atoms with van der Waals surface area (Å²) in [6.07, 6.45) is 4.72. The fourth-order valence-corrected chi connectivity index (χ4v) is 7.00. The van der Waals surface area contributed by atoms with Crippen molar-refractivity contribution in [3.05, 3.63) is 35.5 Å². The Hall–Kier alpha value is -1.32. The standard InChI is InChI=1S/C26H41N3/c1-23(2)13-17(14-24(3,4)28-23)21-19-11-9-10-12-20(19)27-22(21)18-15-25(5,6)29-26(7,8)16-18/h9-12,17-18,27-29H,13-16H2,1-8H3. The SMILES string of the molecule is CC1(C)CC(c2[nH]c3ccccc3c2C2CC(C)(C)NC(C)(C)C2)CC(C)(C)N1. The minimum Gasteiger partial charge on any atom is -0.358 e. The zero-order valence-corrected chi connectivity index (χ0v) is 19.8. The smallest absolute Gasteiger partial charge is 0.0459 e. The van der Waals surface area contributed by atoms with E-state index in [1.807, 2.05) is 0 Å². The normalized spacial score (nSPS) is 26.6. The lowest BCUT2D eigenvalue weighted by Crippen LogP contribution is -2.58. The Morgan fingerprint density at radius 2 is 1.10 bits per heavy atom. The minimum atomic E-state index is 0.146. The Morgan fingerprint density at radius 3 is 1.62 bits per heavy atom. The molecule has 160 valence electrons. The van der Waals surface area contributed by atoms with Crippen LogP contribution in [0.3, 0.4) is 0 Å². The zero-order chi connectivity index (χ0) is 21.2. The van der Waals surface area contributed by atoms with E-state index in [1.165, 1.54) is 42.3 Å². The first kappa shape index (κ1) is 20.9. The number of piperidine rings is 2. The molecule has 1 aromatic heterocycles. The Bertz CT molecular complexity index is 868. The molecule has 0 amide bonds. The monoisotopic (exact) mass is 395 g/mol. The second-order valence-corrected chi connectivity index (χ2v) is 12.5. The lowest BCUT2D eigenvalue weighted by atomic mass is 9.69. The van der Waals surface area contributed by atoms with E-state index in [0.717, 1.165) is 0 Å². The van der Waals surface area contributed by atoms with Crippen LogP contribution in [0.15, 0.2) is 24.3 Å². The van der Waals surface area contributed by atoms with Crippen molar-refractivity contribution in [2.24, 2.45) is 0 Å². The van der Waals surface area contributed by atoms with Gasteiger partial charge in [-0.2, -0.15) is 0 Å². The number of benzene rings is 1. The molecule has 2 aliphatic heterocycles. The highest BCUT2D eigenvalue weighted by Crippen LogP contribution is 2.48. The van der Waals surface area contributed by atoms with Crippen molar-refractivity contribution < 1.29 is 0 Å². The van der Waals surface area contributed by atoms with Crippen LogP contribution in [-0.2, 0) is 0 Å². The summed E-state index contributed by atoms with van der Waals surface area (Å²) in [6, 6.07) is 8.97. The summed E-state index contributed by atoms with van der Waals surface area (Å²) in [4.78, 5) is 3.91. The molecule has 4 rings (SSSR count). The highest BCUT2D eigenvalue weighted by molar-refractivity contribution is 5.85. The van der Waals surface area contributed by atoms with E-state index < -0.39 is 0 Å². The average molecular weight is 396 g/mol. The predicted molar refractivity (Wildman–Crippen MR) is 125 cm³/mol. The van der Waals surface area contributed by atoms with E-state index in [9.17, 15) is 0 Å². The van der Waals surface area contributed by atoms with Crippen LogP contribution in [0.25, 0.3) is 10.9 Å². The summed E-state index contributed by atoms with van der Waals surface area (Å²) < 4.78 is 0. The third-order valence-corrected chi connectivity index (χ3v) is 6.97. The summed E-state index contributed by atoms with van der Waals surface area (Å²) in [5.41, 5.74) is 5.00. The van der Waals surface area contributed by atoms with Crippen molar-refractivity contribution in [3.63, 3.8) is 0 Å². The van der Waals surface area contributed by atoms with Crippen molar-refractivity contribution in [3.8, 4) is 0 Å². The highest BCUT2D eigenvalue weighted by atomic mass is 15.1. The first-order valence-electron chi connectivity index (χ1n) is 11.5. The molecule has 2 aliphatic rings. The lowest BCUT2D eigenvalue weighted by molar-refractivity contribution is 0.152. The Labute approximate surface area is 177 Å². The van der Waals surface area contributed by atoms with Gasteiger partial charge >= 0.3 is 0 Å². The molecular weight excluding hydrogens is 354 g/mol. The van der Waals surface area contributed by atoms with E-state index in [-0.39, 0.29) is 22.2 Å². The number of nitrogens with one attached hydrogen (secondary N) is 3. The van der Waals surface area contributed by atoms with Crippen LogP contribution in [0.1, 0.15) is 104 Å². The molecule has 0 aliphatic carbocycles. The number of aromatic nitrogens is 1. The van der Waals surface area contributed by atoms with E-state index in [4.69, 9.17) is 0 Å². The zero-order valence-electron chi connectivity index (χ0n) is 19.8. The molecule has 3 heteroatoms. The van der Waals surface area contributed by atoms with Crippen molar-refractivity contribution in [2.75, 3.05) is 0 Å². The number of aromatic amines is 1. The first-order chi connectivity index (χ1) is 13.3. The summed E-state index contributed by atoms with van der Waals surface area (Å²) in [5.74, 6) is 1.14. The van der Waals surface area contributed by atoms with Gasteiger partial charge in [0.1, 0.15) is 0 Å². The largest absolute Gasteiger partial charge is 0.358 e. The van der Waals surface area contributed by atoms with Crippen LogP contribution < -0.4 is 10.6 Å². The fourth-order valence-electron chi connectivity index (χ4n) is 7.00. The van der Waals surface area contributed by atoms with Gasteiger partial charge in [-0.15, -0.1) is 0 Å². The third kappa shape index (κ3) is 4.27. The van der Waals surface area contributed by atoms with E-state index in [1.54, 1.807) is 5.56 Å². The van der Waals surface area contributed by atoms with Gasteiger partial charge in [-0.05, 0) is 98.6 Å². The molecule has 0 radical (unpaired) electrons. The van der Waals surface area contributed by atoms with Crippen LogP contribution in [0.2, 0.25) is 0 Å². The van der Waals surface area contributed by atoms with Gasteiger partial charge in [-0.3, -0.25) is 0 Å². The van der Waals surface area contributed by atoms with Crippen molar-refractivity contribution in [1.82, 2.24) is 15.6 Å². The Balaban J connectivity index is 1.84. The maximum absolute atomic E-state index is 3.91. The van der Waals surface area contributed by atoms with Crippen LogP contribution in [0.5, 0.6) is 0 Å². The topological polar surface area (TPSA) is 39.9 Å². The molecule has 3 nitrogen and oxygen atoms in total. The van der Waals surface area contributed by atoms with Gasteiger partial charge in [-0.25, -0.2) is 0 Å². The number of para-hydroxylation sites is 1.